The summed E-state index contributed by atoms with van der Waals surface area (Å²) < 4.78 is 40.4. The number of amides is 1. The van der Waals surface area contributed by atoms with Crippen molar-refractivity contribution in [2.45, 2.75) is 62.9 Å². The van der Waals surface area contributed by atoms with Crippen LogP contribution in [0.2, 0.25) is 0 Å². The van der Waals surface area contributed by atoms with Crippen LogP contribution in [0.1, 0.15) is 46.0 Å². The zero-order valence-corrected chi connectivity index (χ0v) is 15.0. The van der Waals surface area contributed by atoms with Crippen LogP contribution in [-0.2, 0) is 14.8 Å². The van der Waals surface area contributed by atoms with E-state index in [1.165, 1.54) is 12.1 Å². The molecule has 0 radical (unpaired) electrons. The number of carbonyl (C=O) groups is 1. The van der Waals surface area contributed by atoms with E-state index in [1.807, 2.05) is 11.8 Å². The fraction of sp³-hybridized carbons (Fsp3) is 0.588. The first kappa shape index (κ1) is 18.9. The van der Waals surface area contributed by atoms with Gasteiger partial charge in [-0.15, -0.1) is 0 Å². The minimum atomic E-state index is -3.86. The van der Waals surface area contributed by atoms with Crippen LogP contribution in [0.15, 0.2) is 29.2 Å². The molecule has 0 saturated carbocycles. The van der Waals surface area contributed by atoms with E-state index in [1.54, 1.807) is 6.92 Å². The third-order valence-corrected chi connectivity index (χ3v) is 6.00. The van der Waals surface area contributed by atoms with Crippen LogP contribution >= 0.6 is 0 Å². The molecule has 1 heterocycles. The average Bonchev–Trinajstić information content (AvgIpc) is 2.59. The maximum absolute atomic E-state index is 13.0. The van der Waals surface area contributed by atoms with Crippen molar-refractivity contribution in [3.63, 3.8) is 0 Å². The minimum absolute atomic E-state index is 0.0409. The Balaban J connectivity index is 2.15. The number of rotatable bonds is 6. The van der Waals surface area contributed by atoms with E-state index in [0.717, 1.165) is 37.8 Å². The van der Waals surface area contributed by atoms with Crippen LogP contribution in [0.3, 0.4) is 0 Å². The number of piperidine rings is 1. The molecule has 1 aliphatic rings. The van der Waals surface area contributed by atoms with Crippen molar-refractivity contribution in [3.05, 3.63) is 30.1 Å². The van der Waals surface area contributed by atoms with Gasteiger partial charge in [0, 0.05) is 12.6 Å². The van der Waals surface area contributed by atoms with Gasteiger partial charge in [-0.25, -0.2) is 12.8 Å². The van der Waals surface area contributed by atoms with Crippen molar-refractivity contribution < 1.29 is 17.6 Å². The van der Waals surface area contributed by atoms with Crippen molar-refractivity contribution >= 4 is 15.9 Å². The molecule has 134 valence electrons. The highest BCUT2D eigenvalue weighted by atomic mass is 32.2. The van der Waals surface area contributed by atoms with Crippen LogP contribution in [0.5, 0.6) is 0 Å². The van der Waals surface area contributed by atoms with Crippen molar-refractivity contribution in [3.8, 4) is 0 Å². The summed E-state index contributed by atoms with van der Waals surface area (Å²) in [5, 5.41) is 0. The molecular weight excluding hydrogens is 331 g/mol. The number of nitrogens with zero attached hydrogens (tertiary/aromatic N) is 1. The highest BCUT2D eigenvalue weighted by Gasteiger charge is 2.32. The molecule has 1 saturated heterocycles. The van der Waals surface area contributed by atoms with E-state index in [-0.39, 0.29) is 16.8 Å². The monoisotopic (exact) mass is 356 g/mol. The number of likely N-dealkylation sites (tertiary alicyclic amines) is 1. The Kier molecular flexibility index (Phi) is 6.34. The molecule has 1 amide bonds. The van der Waals surface area contributed by atoms with Crippen LogP contribution in [0.25, 0.3) is 0 Å². The maximum atomic E-state index is 13.0. The van der Waals surface area contributed by atoms with Gasteiger partial charge in [-0.2, -0.15) is 4.72 Å². The average molecular weight is 356 g/mol. The third-order valence-electron chi connectivity index (χ3n) is 4.51. The lowest BCUT2D eigenvalue weighted by atomic mass is 9.99. The second-order valence-electron chi connectivity index (χ2n) is 6.13. The Morgan fingerprint density at radius 1 is 1.29 bits per heavy atom. The van der Waals surface area contributed by atoms with Gasteiger partial charge >= 0.3 is 0 Å². The zero-order valence-electron chi connectivity index (χ0n) is 14.2. The predicted molar refractivity (Wildman–Crippen MR) is 90.4 cm³/mol. The summed E-state index contributed by atoms with van der Waals surface area (Å²) in [6.07, 6.45) is 4.24. The van der Waals surface area contributed by atoms with E-state index >= 15 is 0 Å². The molecule has 0 aliphatic carbocycles. The SMILES string of the molecule is CCC(NS(=O)(=O)c1ccc(F)cc1)C(=O)N1CCCCC1CC. The quantitative estimate of drug-likeness (QED) is 0.852. The van der Waals surface area contributed by atoms with Crippen molar-refractivity contribution in [2.24, 2.45) is 0 Å². The van der Waals surface area contributed by atoms with Crippen LogP contribution in [0.4, 0.5) is 4.39 Å². The number of hydrogen-bond donors (Lipinski definition) is 1. The first-order valence-electron chi connectivity index (χ1n) is 8.47. The van der Waals surface area contributed by atoms with Gasteiger partial charge in [0.1, 0.15) is 11.9 Å². The molecule has 1 aromatic carbocycles. The van der Waals surface area contributed by atoms with Gasteiger partial charge in [-0.05, 0) is 56.4 Å². The maximum Gasteiger partial charge on any atom is 0.241 e. The largest absolute Gasteiger partial charge is 0.338 e. The third kappa shape index (κ3) is 4.33. The standard InChI is InChI=1S/C17H25FN2O3S/c1-3-14-7-5-6-12-20(14)17(21)16(4-2)19-24(22,23)15-10-8-13(18)9-11-15/h8-11,14,16,19H,3-7,12H2,1-2H3. The van der Waals surface area contributed by atoms with E-state index in [2.05, 4.69) is 4.72 Å². The molecule has 5 nitrogen and oxygen atoms in total. The summed E-state index contributed by atoms with van der Waals surface area (Å²) in [5.74, 6) is -0.675. The minimum Gasteiger partial charge on any atom is -0.338 e. The van der Waals surface area contributed by atoms with Gasteiger partial charge in [0.05, 0.1) is 4.90 Å². The molecular formula is C17H25FN2O3S. The molecule has 2 rings (SSSR count). The first-order valence-corrected chi connectivity index (χ1v) is 9.95. The summed E-state index contributed by atoms with van der Waals surface area (Å²) in [5.41, 5.74) is 0. The molecule has 24 heavy (non-hydrogen) atoms. The molecule has 1 N–H and O–H groups in total. The lowest BCUT2D eigenvalue weighted by Gasteiger charge is -2.37. The Morgan fingerprint density at radius 3 is 2.54 bits per heavy atom. The van der Waals surface area contributed by atoms with Gasteiger partial charge in [-0.1, -0.05) is 13.8 Å². The molecule has 2 atom stereocenters. The van der Waals surface area contributed by atoms with E-state index in [9.17, 15) is 17.6 Å². The Morgan fingerprint density at radius 2 is 1.96 bits per heavy atom. The molecule has 1 aromatic rings. The van der Waals surface area contributed by atoms with Crippen LogP contribution in [0, 0.1) is 5.82 Å². The summed E-state index contributed by atoms with van der Waals surface area (Å²) >= 11 is 0. The number of hydrogen-bond acceptors (Lipinski definition) is 3. The van der Waals surface area contributed by atoms with E-state index in [4.69, 9.17) is 0 Å². The molecule has 7 heteroatoms. The number of halogens is 1. The van der Waals surface area contributed by atoms with Gasteiger partial charge < -0.3 is 4.90 Å². The number of carbonyl (C=O) groups excluding carboxylic acids is 1. The molecule has 1 fully saturated rings. The molecule has 0 spiro atoms. The molecule has 1 aliphatic heterocycles. The van der Waals surface area contributed by atoms with Crippen molar-refractivity contribution in [1.29, 1.82) is 0 Å². The highest BCUT2D eigenvalue weighted by molar-refractivity contribution is 7.89. The van der Waals surface area contributed by atoms with Crippen molar-refractivity contribution in [1.82, 2.24) is 9.62 Å². The number of benzene rings is 1. The molecule has 0 bridgehead atoms. The van der Waals surface area contributed by atoms with Crippen molar-refractivity contribution in [2.75, 3.05) is 6.54 Å². The fourth-order valence-corrected chi connectivity index (χ4v) is 4.37. The highest BCUT2D eigenvalue weighted by Crippen LogP contribution is 2.21. The second kappa shape index (κ2) is 8.07. The summed E-state index contributed by atoms with van der Waals surface area (Å²) in [4.78, 5) is 14.6. The lowest BCUT2D eigenvalue weighted by Crippen LogP contribution is -2.53. The Hall–Kier alpha value is -1.47. The summed E-state index contributed by atoms with van der Waals surface area (Å²) in [7, 11) is -3.86. The van der Waals surface area contributed by atoms with Gasteiger partial charge in [0.15, 0.2) is 0 Å². The fourth-order valence-electron chi connectivity index (χ4n) is 3.09. The number of sulfonamides is 1. The summed E-state index contributed by atoms with van der Waals surface area (Å²) in [6, 6.07) is 3.96. The van der Waals surface area contributed by atoms with Gasteiger partial charge in [0.2, 0.25) is 15.9 Å². The predicted octanol–water partition coefficient (Wildman–Crippen LogP) is 2.67. The van der Waals surface area contributed by atoms with Gasteiger partial charge in [-0.3, -0.25) is 4.79 Å². The summed E-state index contributed by atoms with van der Waals surface area (Å²) in [6.45, 7) is 4.49. The van der Waals surface area contributed by atoms with Gasteiger partial charge in [0.25, 0.3) is 0 Å². The molecule has 2 unspecified atom stereocenters. The lowest BCUT2D eigenvalue weighted by molar-refractivity contribution is -0.136. The Labute approximate surface area is 143 Å². The zero-order chi connectivity index (χ0) is 17.7. The van der Waals surface area contributed by atoms with Crippen LogP contribution in [-0.4, -0.2) is 37.9 Å². The molecule has 0 aromatic heterocycles. The second-order valence-corrected chi connectivity index (χ2v) is 7.84. The van der Waals surface area contributed by atoms with E-state index < -0.39 is 21.9 Å². The normalized spacial score (nSPS) is 20.0. The Bertz CT molecular complexity index is 661. The van der Waals surface area contributed by atoms with E-state index in [0.29, 0.717) is 13.0 Å². The topological polar surface area (TPSA) is 66.5 Å². The number of nitrogens with one attached hydrogen (secondary N) is 1. The van der Waals surface area contributed by atoms with Crippen LogP contribution < -0.4 is 4.72 Å². The first-order chi connectivity index (χ1) is 11.4. The smallest absolute Gasteiger partial charge is 0.241 e.